The van der Waals surface area contributed by atoms with Crippen LogP contribution in [0.15, 0.2) is 33.7 Å². The molecule has 23 heavy (non-hydrogen) atoms. The molecule has 1 aromatic rings. The number of nitrogens with one attached hydrogen (secondary N) is 1. The van der Waals surface area contributed by atoms with Crippen molar-refractivity contribution in [3.05, 3.63) is 34.3 Å². The van der Waals surface area contributed by atoms with Crippen LogP contribution in [0.3, 0.4) is 0 Å². The van der Waals surface area contributed by atoms with Gasteiger partial charge < -0.3 is 15.1 Å². The van der Waals surface area contributed by atoms with Gasteiger partial charge in [0.05, 0.1) is 6.54 Å². The number of halogens is 2. The van der Waals surface area contributed by atoms with Crippen LogP contribution >= 0.6 is 39.9 Å². The Morgan fingerprint density at radius 2 is 1.74 bits per heavy atom. The van der Waals surface area contributed by atoms with Crippen molar-refractivity contribution in [2.24, 2.45) is 4.99 Å². The van der Waals surface area contributed by atoms with E-state index in [0.29, 0.717) is 6.54 Å². The zero-order valence-corrected chi connectivity index (χ0v) is 17.5. The minimum Gasteiger partial charge on any atom is -0.357 e. The molecule has 0 saturated carbocycles. The third kappa shape index (κ3) is 6.29. The molecule has 0 aromatic heterocycles. The molecule has 0 spiro atoms. The molecule has 0 bridgehead atoms. The Balaban J connectivity index is 0.00000264. The number of aliphatic imine (C=N–C) groups is 1. The zero-order chi connectivity index (χ0) is 15.9. The molecule has 2 rings (SSSR count). The minimum atomic E-state index is 0. The van der Waals surface area contributed by atoms with Crippen LogP contribution in [-0.2, 0) is 11.3 Å². The van der Waals surface area contributed by atoms with Gasteiger partial charge in [-0.2, -0.15) is 0 Å². The summed E-state index contributed by atoms with van der Waals surface area (Å²) in [5, 5.41) is 3.34. The van der Waals surface area contributed by atoms with E-state index in [1.165, 1.54) is 5.56 Å². The summed E-state index contributed by atoms with van der Waals surface area (Å²) in [6.45, 7) is 8.37. The predicted octanol–water partition coefficient (Wildman–Crippen LogP) is 2.70. The lowest BCUT2D eigenvalue weighted by Gasteiger charge is -2.36. The number of piperazine rings is 1. The summed E-state index contributed by atoms with van der Waals surface area (Å²) in [7, 11) is 0. The summed E-state index contributed by atoms with van der Waals surface area (Å²) < 4.78 is 1.08. The Morgan fingerprint density at radius 3 is 2.26 bits per heavy atom. The third-order valence-corrected chi connectivity index (χ3v) is 4.21. The van der Waals surface area contributed by atoms with Crippen molar-refractivity contribution in [2.45, 2.75) is 20.4 Å². The fourth-order valence-corrected chi connectivity index (χ4v) is 2.68. The second-order valence-corrected chi connectivity index (χ2v) is 6.21. The highest BCUT2D eigenvalue weighted by molar-refractivity contribution is 14.0. The summed E-state index contributed by atoms with van der Waals surface area (Å²) in [5.41, 5.74) is 1.18. The summed E-state index contributed by atoms with van der Waals surface area (Å²) >= 11 is 3.44. The topological polar surface area (TPSA) is 47.9 Å². The van der Waals surface area contributed by atoms with Gasteiger partial charge in [-0.15, -0.1) is 24.0 Å². The van der Waals surface area contributed by atoms with E-state index in [-0.39, 0.29) is 29.9 Å². The van der Waals surface area contributed by atoms with Crippen LogP contribution in [0.1, 0.15) is 19.4 Å². The van der Waals surface area contributed by atoms with E-state index in [9.17, 15) is 4.79 Å². The third-order valence-electron chi connectivity index (χ3n) is 3.68. The summed E-state index contributed by atoms with van der Waals surface area (Å²) in [5.74, 6) is 1.07. The molecule has 1 aliphatic rings. The van der Waals surface area contributed by atoms with E-state index in [0.717, 1.165) is 43.2 Å². The smallest absolute Gasteiger partial charge is 0.219 e. The number of hydrogen-bond acceptors (Lipinski definition) is 2. The minimum absolute atomic E-state index is 0. The number of carbonyl (C=O) groups excluding carboxylic acids is 1. The summed E-state index contributed by atoms with van der Waals surface area (Å²) in [4.78, 5) is 20.2. The molecule has 1 aromatic carbocycles. The molecule has 128 valence electrons. The maximum Gasteiger partial charge on any atom is 0.219 e. The fraction of sp³-hybridized carbons (Fsp3) is 0.500. The number of rotatable bonds is 3. The Hall–Kier alpha value is -0.830. The number of nitrogens with zero attached hydrogens (tertiary/aromatic N) is 3. The molecular formula is C16H24BrIN4O. The first kappa shape index (κ1) is 20.2. The van der Waals surface area contributed by atoms with Crippen LogP contribution in [0.5, 0.6) is 0 Å². The van der Waals surface area contributed by atoms with Crippen LogP contribution in [0.2, 0.25) is 0 Å². The molecule has 1 amide bonds. The molecule has 5 nitrogen and oxygen atoms in total. The highest BCUT2D eigenvalue weighted by Crippen LogP contribution is 2.11. The van der Waals surface area contributed by atoms with Crippen molar-refractivity contribution in [2.75, 3.05) is 32.7 Å². The number of benzene rings is 1. The molecule has 1 fully saturated rings. The second-order valence-electron chi connectivity index (χ2n) is 5.29. The van der Waals surface area contributed by atoms with Crippen molar-refractivity contribution >= 4 is 51.8 Å². The molecule has 0 radical (unpaired) electrons. The molecule has 7 heteroatoms. The molecule has 1 saturated heterocycles. The number of amides is 1. The first-order chi connectivity index (χ1) is 10.6. The van der Waals surface area contributed by atoms with Crippen molar-refractivity contribution < 1.29 is 4.79 Å². The van der Waals surface area contributed by atoms with Crippen LogP contribution < -0.4 is 5.32 Å². The number of guanidine groups is 1. The van der Waals surface area contributed by atoms with Gasteiger partial charge >= 0.3 is 0 Å². The second kappa shape index (κ2) is 10.1. The Kier molecular flexibility index (Phi) is 8.90. The number of hydrogen-bond donors (Lipinski definition) is 1. The first-order valence-corrected chi connectivity index (χ1v) is 8.42. The van der Waals surface area contributed by atoms with Crippen molar-refractivity contribution in [3.63, 3.8) is 0 Å². The average Bonchev–Trinajstić information content (AvgIpc) is 2.53. The average molecular weight is 495 g/mol. The van der Waals surface area contributed by atoms with Gasteiger partial charge in [-0.25, -0.2) is 4.99 Å². The largest absolute Gasteiger partial charge is 0.357 e. The van der Waals surface area contributed by atoms with Crippen LogP contribution in [0.4, 0.5) is 0 Å². The van der Waals surface area contributed by atoms with Crippen molar-refractivity contribution in [1.82, 2.24) is 15.1 Å². The van der Waals surface area contributed by atoms with Crippen LogP contribution in [0.25, 0.3) is 0 Å². The van der Waals surface area contributed by atoms with Gasteiger partial charge in [-0.3, -0.25) is 4.79 Å². The standard InChI is InChI=1S/C16H23BrN4O.HI/c1-3-18-16(19-12-14-4-6-15(17)7-5-14)21-10-8-20(9-11-21)13(2)22;/h4-7H,3,8-12H2,1-2H3,(H,18,19);1H. The Bertz CT molecular complexity index is 527. The maximum atomic E-state index is 11.4. The lowest BCUT2D eigenvalue weighted by atomic mass is 10.2. The normalized spacial score (nSPS) is 15.2. The van der Waals surface area contributed by atoms with Gasteiger partial charge in [-0.1, -0.05) is 28.1 Å². The molecule has 1 aliphatic heterocycles. The molecule has 1 heterocycles. The van der Waals surface area contributed by atoms with Gasteiger partial charge in [-0.05, 0) is 24.6 Å². The van der Waals surface area contributed by atoms with Gasteiger partial charge in [0.1, 0.15) is 0 Å². The molecule has 0 atom stereocenters. The van der Waals surface area contributed by atoms with E-state index < -0.39 is 0 Å². The molecular weight excluding hydrogens is 471 g/mol. The molecule has 1 N–H and O–H groups in total. The van der Waals surface area contributed by atoms with E-state index in [1.807, 2.05) is 17.0 Å². The molecule has 0 aliphatic carbocycles. The fourth-order valence-electron chi connectivity index (χ4n) is 2.41. The predicted molar refractivity (Wildman–Crippen MR) is 108 cm³/mol. The van der Waals surface area contributed by atoms with Gasteiger partial charge in [0.15, 0.2) is 5.96 Å². The van der Waals surface area contributed by atoms with Crippen molar-refractivity contribution in [1.29, 1.82) is 0 Å². The van der Waals surface area contributed by atoms with Gasteiger partial charge in [0, 0.05) is 44.1 Å². The summed E-state index contributed by atoms with van der Waals surface area (Å²) in [6.07, 6.45) is 0. The van der Waals surface area contributed by atoms with Gasteiger partial charge in [0.2, 0.25) is 5.91 Å². The maximum absolute atomic E-state index is 11.4. The number of carbonyl (C=O) groups is 1. The molecule has 0 unspecified atom stereocenters. The van der Waals surface area contributed by atoms with Crippen molar-refractivity contribution in [3.8, 4) is 0 Å². The van der Waals surface area contributed by atoms with Crippen LogP contribution in [-0.4, -0.2) is 54.4 Å². The monoisotopic (exact) mass is 494 g/mol. The van der Waals surface area contributed by atoms with Crippen LogP contribution in [0, 0.1) is 0 Å². The van der Waals surface area contributed by atoms with E-state index in [1.54, 1.807) is 6.92 Å². The first-order valence-electron chi connectivity index (χ1n) is 7.63. The Labute approximate surface area is 163 Å². The van der Waals surface area contributed by atoms with E-state index in [2.05, 4.69) is 45.2 Å². The lowest BCUT2D eigenvalue weighted by Crippen LogP contribution is -2.53. The zero-order valence-electron chi connectivity index (χ0n) is 13.6. The van der Waals surface area contributed by atoms with E-state index >= 15 is 0 Å². The summed E-state index contributed by atoms with van der Waals surface area (Å²) in [6, 6.07) is 8.21. The SMILES string of the molecule is CCNC(=NCc1ccc(Br)cc1)N1CCN(C(C)=O)CC1.I. The highest BCUT2D eigenvalue weighted by atomic mass is 127. The van der Waals surface area contributed by atoms with E-state index in [4.69, 9.17) is 4.99 Å². The quantitative estimate of drug-likeness (QED) is 0.399. The highest BCUT2D eigenvalue weighted by Gasteiger charge is 2.20. The lowest BCUT2D eigenvalue weighted by molar-refractivity contribution is -0.130. The van der Waals surface area contributed by atoms with Gasteiger partial charge in [0.25, 0.3) is 0 Å². The Morgan fingerprint density at radius 1 is 1.17 bits per heavy atom.